The molecule has 3 aromatic rings. The Morgan fingerprint density at radius 3 is 2.22 bits per heavy atom. The second-order valence-corrected chi connectivity index (χ2v) is 8.32. The molecule has 0 radical (unpaired) electrons. The molecule has 1 aromatic heterocycles. The molecule has 1 aliphatic rings. The number of amides is 1. The topological polar surface area (TPSA) is 70.5 Å². The monoisotopic (exact) mass is 431 g/mol. The third-order valence-electron chi connectivity index (χ3n) is 5.73. The molecule has 1 amide bonds. The van der Waals surface area contributed by atoms with Crippen LogP contribution in [0.5, 0.6) is 0 Å². The van der Waals surface area contributed by atoms with Gasteiger partial charge >= 0.3 is 0 Å². The first-order valence-electron chi connectivity index (χ1n) is 11.0. The average Bonchev–Trinajstić information content (AvgIpc) is 2.81. The van der Waals surface area contributed by atoms with E-state index in [2.05, 4.69) is 46.2 Å². The molecule has 1 aliphatic heterocycles. The van der Waals surface area contributed by atoms with Gasteiger partial charge in [0.05, 0.1) is 0 Å². The number of carbonyl (C=O) groups is 1. The van der Waals surface area contributed by atoms with Gasteiger partial charge in [-0.1, -0.05) is 44.2 Å². The van der Waals surface area contributed by atoms with Crippen LogP contribution in [0.2, 0.25) is 0 Å². The highest BCUT2D eigenvalue weighted by Gasteiger charge is 2.19. The molecular formula is C25H29N5O2. The van der Waals surface area contributed by atoms with E-state index in [-0.39, 0.29) is 18.0 Å². The zero-order chi connectivity index (χ0) is 22.5. The number of carbonyl (C=O) groups excluding carboxylic acids is 1. The fraction of sp³-hybridized carbons (Fsp3) is 0.320. The van der Waals surface area contributed by atoms with Crippen molar-refractivity contribution in [2.75, 3.05) is 41.3 Å². The molecule has 4 rings (SSSR count). The number of anilines is 3. The highest BCUT2D eigenvalue weighted by atomic mass is 16.2. The van der Waals surface area contributed by atoms with Crippen molar-refractivity contribution in [3.63, 3.8) is 0 Å². The molecular weight excluding hydrogens is 402 g/mol. The Bertz CT molecular complexity index is 1100. The van der Waals surface area contributed by atoms with E-state index in [0.29, 0.717) is 17.4 Å². The van der Waals surface area contributed by atoms with Gasteiger partial charge < -0.3 is 15.1 Å². The zero-order valence-electron chi connectivity index (χ0n) is 18.6. The van der Waals surface area contributed by atoms with Crippen molar-refractivity contribution in [1.29, 1.82) is 0 Å². The Morgan fingerprint density at radius 1 is 0.906 bits per heavy atom. The Morgan fingerprint density at radius 2 is 1.56 bits per heavy atom. The van der Waals surface area contributed by atoms with E-state index in [1.807, 2.05) is 42.5 Å². The number of piperazine rings is 1. The minimum atomic E-state index is -0.290. The van der Waals surface area contributed by atoms with Gasteiger partial charge in [-0.05, 0) is 41.8 Å². The molecule has 7 heteroatoms. The maximum atomic E-state index is 12.5. The van der Waals surface area contributed by atoms with Gasteiger partial charge in [0.1, 0.15) is 12.4 Å². The van der Waals surface area contributed by atoms with Gasteiger partial charge in [0.15, 0.2) is 0 Å². The normalized spacial score (nSPS) is 14.0. The van der Waals surface area contributed by atoms with Gasteiger partial charge in [0.2, 0.25) is 5.91 Å². The summed E-state index contributed by atoms with van der Waals surface area (Å²) in [6.45, 7) is 7.47. The number of hydrogen-bond acceptors (Lipinski definition) is 5. The highest BCUT2D eigenvalue weighted by molar-refractivity contribution is 5.90. The standard InChI is InChI=1S/C25H29N5O2/c1-19(2)20-8-10-21(11-9-20)26-24(31)18-30-25(32)13-12-23(27-30)29-16-14-28(15-17-29)22-6-4-3-5-7-22/h3-13,19H,14-18H2,1-2H3,(H,26,31). The fourth-order valence-electron chi connectivity index (χ4n) is 3.84. The SMILES string of the molecule is CC(C)c1ccc(NC(=O)Cn2nc(N3CCN(c4ccccc4)CC3)ccc2=O)cc1. The first-order chi connectivity index (χ1) is 15.5. The largest absolute Gasteiger partial charge is 0.368 e. The van der Waals surface area contributed by atoms with E-state index in [9.17, 15) is 9.59 Å². The van der Waals surface area contributed by atoms with Crippen molar-refractivity contribution >= 4 is 23.1 Å². The predicted octanol–water partition coefficient (Wildman–Crippen LogP) is 3.33. The van der Waals surface area contributed by atoms with Crippen LogP contribution in [0.15, 0.2) is 71.5 Å². The van der Waals surface area contributed by atoms with Crippen LogP contribution in [0.3, 0.4) is 0 Å². The Labute approximate surface area is 188 Å². The third kappa shape index (κ3) is 5.17. The van der Waals surface area contributed by atoms with Crippen molar-refractivity contribution in [2.24, 2.45) is 0 Å². The van der Waals surface area contributed by atoms with Gasteiger partial charge in [-0.25, -0.2) is 4.68 Å². The number of hydrogen-bond donors (Lipinski definition) is 1. The quantitative estimate of drug-likeness (QED) is 0.648. The van der Waals surface area contributed by atoms with Crippen LogP contribution in [0.25, 0.3) is 0 Å². The highest BCUT2D eigenvalue weighted by Crippen LogP contribution is 2.19. The Hall–Kier alpha value is -3.61. The van der Waals surface area contributed by atoms with E-state index in [0.717, 1.165) is 26.2 Å². The molecule has 32 heavy (non-hydrogen) atoms. The van der Waals surface area contributed by atoms with Crippen molar-refractivity contribution in [3.8, 4) is 0 Å². The van der Waals surface area contributed by atoms with Crippen molar-refractivity contribution in [2.45, 2.75) is 26.3 Å². The van der Waals surface area contributed by atoms with Gasteiger partial charge in [-0.15, -0.1) is 0 Å². The number of para-hydroxylation sites is 1. The predicted molar refractivity (Wildman–Crippen MR) is 129 cm³/mol. The molecule has 1 N–H and O–H groups in total. The molecule has 0 spiro atoms. The molecule has 2 heterocycles. The number of aromatic nitrogens is 2. The lowest BCUT2D eigenvalue weighted by Crippen LogP contribution is -2.47. The number of nitrogens with one attached hydrogen (secondary N) is 1. The van der Waals surface area contributed by atoms with E-state index < -0.39 is 0 Å². The smallest absolute Gasteiger partial charge is 0.267 e. The van der Waals surface area contributed by atoms with E-state index in [4.69, 9.17) is 0 Å². The maximum Gasteiger partial charge on any atom is 0.267 e. The summed E-state index contributed by atoms with van der Waals surface area (Å²) in [5.74, 6) is 0.870. The summed E-state index contributed by atoms with van der Waals surface area (Å²) in [6, 6.07) is 21.3. The zero-order valence-corrected chi connectivity index (χ0v) is 18.6. The van der Waals surface area contributed by atoms with Crippen LogP contribution in [0.4, 0.5) is 17.2 Å². The molecule has 0 unspecified atom stereocenters. The summed E-state index contributed by atoms with van der Waals surface area (Å²) in [4.78, 5) is 29.3. The summed E-state index contributed by atoms with van der Waals surface area (Å²) in [5, 5.41) is 7.31. The maximum absolute atomic E-state index is 12.5. The van der Waals surface area contributed by atoms with Crippen LogP contribution >= 0.6 is 0 Å². The molecule has 2 aromatic carbocycles. The Balaban J connectivity index is 1.38. The van der Waals surface area contributed by atoms with E-state index >= 15 is 0 Å². The van der Waals surface area contributed by atoms with Gasteiger partial charge in [-0.3, -0.25) is 9.59 Å². The lowest BCUT2D eigenvalue weighted by atomic mass is 10.0. The molecule has 1 fully saturated rings. The summed E-state index contributed by atoms with van der Waals surface area (Å²) in [7, 11) is 0. The second kappa shape index (κ2) is 9.68. The summed E-state index contributed by atoms with van der Waals surface area (Å²) < 4.78 is 1.23. The van der Waals surface area contributed by atoms with Crippen LogP contribution in [0, 0.1) is 0 Å². The van der Waals surface area contributed by atoms with Crippen molar-refractivity contribution in [1.82, 2.24) is 9.78 Å². The molecule has 0 aliphatic carbocycles. The molecule has 0 atom stereocenters. The molecule has 1 saturated heterocycles. The summed E-state index contributed by atoms with van der Waals surface area (Å²) in [5.41, 5.74) is 2.84. The summed E-state index contributed by atoms with van der Waals surface area (Å²) >= 11 is 0. The van der Waals surface area contributed by atoms with Crippen LogP contribution in [0.1, 0.15) is 25.3 Å². The second-order valence-electron chi connectivity index (χ2n) is 8.32. The lowest BCUT2D eigenvalue weighted by molar-refractivity contribution is -0.117. The summed E-state index contributed by atoms with van der Waals surface area (Å²) in [6.07, 6.45) is 0. The average molecular weight is 432 g/mol. The van der Waals surface area contributed by atoms with E-state index in [1.54, 1.807) is 6.07 Å². The first kappa shape index (κ1) is 21.6. The molecule has 0 bridgehead atoms. The van der Waals surface area contributed by atoms with Gasteiger partial charge in [0, 0.05) is 43.6 Å². The molecule has 166 valence electrons. The molecule has 0 saturated carbocycles. The van der Waals surface area contributed by atoms with Crippen molar-refractivity contribution in [3.05, 3.63) is 82.6 Å². The number of rotatable bonds is 6. The van der Waals surface area contributed by atoms with Crippen molar-refractivity contribution < 1.29 is 4.79 Å². The van der Waals surface area contributed by atoms with Gasteiger partial charge in [0.25, 0.3) is 5.56 Å². The van der Waals surface area contributed by atoms with Crippen LogP contribution < -0.4 is 20.7 Å². The van der Waals surface area contributed by atoms with E-state index in [1.165, 1.54) is 22.0 Å². The first-order valence-corrected chi connectivity index (χ1v) is 11.0. The minimum absolute atomic E-state index is 0.122. The Kier molecular flexibility index (Phi) is 6.54. The van der Waals surface area contributed by atoms with Gasteiger partial charge in [-0.2, -0.15) is 5.10 Å². The number of nitrogens with zero attached hydrogens (tertiary/aromatic N) is 4. The number of benzene rings is 2. The third-order valence-corrected chi connectivity index (χ3v) is 5.73. The minimum Gasteiger partial charge on any atom is -0.368 e. The van der Waals surface area contributed by atoms with Crippen LogP contribution in [-0.4, -0.2) is 41.9 Å². The fourth-order valence-corrected chi connectivity index (χ4v) is 3.84. The van der Waals surface area contributed by atoms with Crippen LogP contribution in [-0.2, 0) is 11.3 Å². The molecule has 7 nitrogen and oxygen atoms in total. The lowest BCUT2D eigenvalue weighted by Gasteiger charge is -2.36.